The summed E-state index contributed by atoms with van der Waals surface area (Å²) in [7, 11) is 0. The quantitative estimate of drug-likeness (QED) is 0.170. The van der Waals surface area contributed by atoms with Crippen LogP contribution in [0.2, 0.25) is 0 Å². The maximum absolute atomic E-state index is 6.60. The van der Waals surface area contributed by atoms with Gasteiger partial charge in [0.25, 0.3) is 0 Å². The molecule has 0 saturated heterocycles. The largest absolute Gasteiger partial charge is 0.324 e. The molecule has 0 aliphatic heterocycles. The molecular formula is C26H24N6. The smallest absolute Gasteiger partial charge is 0.225 e. The summed E-state index contributed by atoms with van der Waals surface area (Å²) in [5.41, 5.74) is 3.24. The molecular weight excluding hydrogens is 396 g/mol. The van der Waals surface area contributed by atoms with E-state index in [1.54, 1.807) is 0 Å². The number of para-hydroxylation sites is 4. The van der Waals surface area contributed by atoms with Gasteiger partial charge in [-0.3, -0.25) is 0 Å². The fraction of sp³-hybridized carbons (Fsp3) is 0. The average Bonchev–Trinajstić information content (AvgIpc) is 2.85. The van der Waals surface area contributed by atoms with Crippen LogP contribution in [0.1, 0.15) is 0 Å². The van der Waals surface area contributed by atoms with Crippen molar-refractivity contribution < 1.29 is 0 Å². The second kappa shape index (κ2) is 10.6. The number of anilines is 2. The summed E-state index contributed by atoms with van der Waals surface area (Å²) >= 11 is 0. The number of guanidine groups is 2. The molecule has 0 bridgehead atoms. The average molecular weight is 421 g/mol. The van der Waals surface area contributed by atoms with Crippen molar-refractivity contribution in [2.45, 2.75) is 0 Å². The summed E-state index contributed by atoms with van der Waals surface area (Å²) in [5, 5.41) is 8.04. The fourth-order valence-electron chi connectivity index (χ4n) is 2.94. The molecule has 0 saturated carbocycles. The van der Waals surface area contributed by atoms with Gasteiger partial charge in [-0.25, -0.2) is 20.8 Å². The number of aliphatic imine (C=N–C) groups is 2. The number of rotatable bonds is 4. The highest BCUT2D eigenvalue weighted by molar-refractivity contribution is 6.10. The number of nitrogens with zero attached hydrogens (tertiary/aromatic N) is 3. The zero-order valence-electron chi connectivity index (χ0n) is 17.5. The van der Waals surface area contributed by atoms with E-state index < -0.39 is 0 Å². The van der Waals surface area contributed by atoms with Gasteiger partial charge < -0.3 is 10.6 Å². The van der Waals surface area contributed by atoms with E-state index in [-0.39, 0.29) is 0 Å². The van der Waals surface area contributed by atoms with E-state index in [1.807, 2.05) is 121 Å². The molecule has 0 aliphatic rings. The highest BCUT2D eigenvalue weighted by Gasteiger charge is 2.16. The lowest BCUT2D eigenvalue weighted by Crippen LogP contribution is -2.49. The third-order valence-electron chi connectivity index (χ3n) is 4.50. The minimum absolute atomic E-state index is 0.417. The van der Waals surface area contributed by atoms with Gasteiger partial charge in [0.15, 0.2) is 0 Å². The van der Waals surface area contributed by atoms with Crippen LogP contribution in [0.5, 0.6) is 0 Å². The van der Waals surface area contributed by atoms with Gasteiger partial charge in [-0.1, -0.05) is 72.8 Å². The lowest BCUT2D eigenvalue weighted by atomic mass is 10.3. The standard InChI is InChI=1S/C26H24N6/c27-32(25(28-21-13-5-1-6-14-21)29-22-15-7-2-8-16-22)26(30-23-17-9-3-10-18-23)31-24-19-11-4-12-20-24/h1-20H,27H2,(H,28,29)(H,30,31). The minimum Gasteiger partial charge on any atom is -0.324 e. The molecule has 4 aromatic carbocycles. The Hall–Kier alpha value is -4.42. The van der Waals surface area contributed by atoms with Gasteiger partial charge in [0.1, 0.15) is 0 Å². The molecule has 0 fully saturated rings. The second-order valence-electron chi connectivity index (χ2n) is 6.89. The molecule has 0 unspecified atom stereocenters. The highest BCUT2D eigenvalue weighted by Crippen LogP contribution is 2.16. The van der Waals surface area contributed by atoms with Crippen LogP contribution in [-0.4, -0.2) is 16.9 Å². The van der Waals surface area contributed by atoms with Crippen LogP contribution in [0.15, 0.2) is 131 Å². The van der Waals surface area contributed by atoms with E-state index in [0.29, 0.717) is 11.9 Å². The van der Waals surface area contributed by atoms with Crippen LogP contribution >= 0.6 is 0 Å². The van der Waals surface area contributed by atoms with Crippen LogP contribution < -0.4 is 16.5 Å². The van der Waals surface area contributed by atoms with E-state index in [4.69, 9.17) is 15.8 Å². The fourth-order valence-corrected chi connectivity index (χ4v) is 2.94. The lowest BCUT2D eigenvalue weighted by molar-refractivity contribution is 0.650. The van der Waals surface area contributed by atoms with Crippen molar-refractivity contribution in [3.8, 4) is 0 Å². The predicted molar refractivity (Wildman–Crippen MR) is 133 cm³/mol. The predicted octanol–water partition coefficient (Wildman–Crippen LogP) is 5.76. The molecule has 0 atom stereocenters. The van der Waals surface area contributed by atoms with Gasteiger partial charge in [0.2, 0.25) is 11.9 Å². The zero-order chi connectivity index (χ0) is 22.0. The van der Waals surface area contributed by atoms with Crippen LogP contribution in [-0.2, 0) is 0 Å². The number of hydrogen-bond donors (Lipinski definition) is 3. The van der Waals surface area contributed by atoms with Gasteiger partial charge in [0.05, 0.1) is 11.4 Å². The number of nitrogens with one attached hydrogen (secondary N) is 2. The maximum atomic E-state index is 6.60. The Kier molecular flexibility index (Phi) is 6.88. The number of hydrazine groups is 1. The van der Waals surface area contributed by atoms with Crippen LogP contribution in [0.3, 0.4) is 0 Å². The van der Waals surface area contributed by atoms with E-state index in [0.717, 1.165) is 22.7 Å². The van der Waals surface area contributed by atoms with E-state index in [9.17, 15) is 0 Å². The van der Waals surface area contributed by atoms with Crippen molar-refractivity contribution in [2.24, 2.45) is 15.8 Å². The molecule has 0 spiro atoms. The SMILES string of the molecule is NN(C(=Nc1ccccc1)Nc1ccccc1)C(=Nc1ccccc1)Nc1ccccc1. The van der Waals surface area contributed by atoms with Crippen molar-refractivity contribution in [3.05, 3.63) is 121 Å². The molecule has 4 rings (SSSR count). The number of hydrogen-bond acceptors (Lipinski definition) is 3. The van der Waals surface area contributed by atoms with Crippen molar-refractivity contribution in [1.29, 1.82) is 0 Å². The van der Waals surface area contributed by atoms with Crippen LogP contribution in [0.25, 0.3) is 0 Å². The molecule has 6 nitrogen and oxygen atoms in total. The molecule has 0 aliphatic carbocycles. The molecule has 0 amide bonds. The topological polar surface area (TPSA) is 78.0 Å². The van der Waals surface area contributed by atoms with Gasteiger partial charge in [-0.15, -0.1) is 0 Å². The third kappa shape index (κ3) is 5.81. The summed E-state index contributed by atoms with van der Waals surface area (Å²) in [6.45, 7) is 0. The molecule has 6 heteroatoms. The van der Waals surface area contributed by atoms with Crippen molar-refractivity contribution >= 4 is 34.7 Å². The minimum atomic E-state index is 0.417. The zero-order valence-corrected chi connectivity index (χ0v) is 17.5. The van der Waals surface area contributed by atoms with E-state index in [1.165, 1.54) is 5.01 Å². The number of benzene rings is 4. The summed E-state index contributed by atoms with van der Waals surface area (Å²) in [5.74, 6) is 7.43. The summed E-state index contributed by atoms with van der Waals surface area (Å²) in [6.07, 6.45) is 0. The Morgan fingerprint density at radius 2 is 0.812 bits per heavy atom. The van der Waals surface area contributed by atoms with Gasteiger partial charge in [0, 0.05) is 11.4 Å². The van der Waals surface area contributed by atoms with Crippen LogP contribution in [0, 0.1) is 0 Å². The van der Waals surface area contributed by atoms with Crippen molar-refractivity contribution in [1.82, 2.24) is 5.01 Å². The monoisotopic (exact) mass is 420 g/mol. The van der Waals surface area contributed by atoms with Crippen molar-refractivity contribution in [3.63, 3.8) is 0 Å². The van der Waals surface area contributed by atoms with Gasteiger partial charge in [-0.05, 0) is 48.5 Å². The lowest BCUT2D eigenvalue weighted by Gasteiger charge is -2.24. The third-order valence-corrected chi connectivity index (χ3v) is 4.50. The Balaban J connectivity index is 1.73. The first-order valence-corrected chi connectivity index (χ1v) is 10.2. The Morgan fingerprint density at radius 1 is 0.500 bits per heavy atom. The van der Waals surface area contributed by atoms with E-state index in [2.05, 4.69) is 10.6 Å². The maximum Gasteiger partial charge on any atom is 0.225 e. The molecule has 4 N–H and O–H groups in total. The van der Waals surface area contributed by atoms with Crippen LogP contribution in [0.4, 0.5) is 22.7 Å². The molecule has 4 aromatic rings. The molecule has 0 aromatic heterocycles. The first kappa shape index (κ1) is 20.8. The van der Waals surface area contributed by atoms with Crippen molar-refractivity contribution in [2.75, 3.05) is 10.6 Å². The van der Waals surface area contributed by atoms with Gasteiger partial charge >= 0.3 is 0 Å². The molecule has 32 heavy (non-hydrogen) atoms. The highest BCUT2D eigenvalue weighted by atomic mass is 15.5. The molecule has 0 radical (unpaired) electrons. The Bertz CT molecular complexity index is 1070. The second-order valence-corrected chi connectivity index (χ2v) is 6.89. The summed E-state index contributed by atoms with van der Waals surface area (Å²) in [4.78, 5) is 9.49. The summed E-state index contributed by atoms with van der Waals surface area (Å²) in [6, 6.07) is 38.8. The molecule has 0 heterocycles. The molecule has 158 valence electrons. The van der Waals surface area contributed by atoms with Gasteiger partial charge in [-0.2, -0.15) is 0 Å². The first-order chi connectivity index (χ1) is 15.8. The number of nitrogens with two attached hydrogens (primary N) is 1. The Labute approximate surface area is 187 Å². The first-order valence-electron chi connectivity index (χ1n) is 10.2. The normalized spacial score (nSPS) is 11.7. The Morgan fingerprint density at radius 3 is 1.16 bits per heavy atom. The summed E-state index contributed by atoms with van der Waals surface area (Å²) < 4.78 is 0. The van der Waals surface area contributed by atoms with E-state index >= 15 is 0 Å².